The van der Waals surface area contributed by atoms with E-state index >= 15 is 0 Å². The molecule has 1 aromatic carbocycles. The van der Waals surface area contributed by atoms with Crippen LogP contribution < -0.4 is 10.5 Å². The monoisotopic (exact) mass is 227 g/mol. The maximum Gasteiger partial charge on any atom is 0.167 e. The van der Waals surface area contributed by atoms with Gasteiger partial charge in [0.1, 0.15) is 5.82 Å². The molecule has 0 heterocycles. The van der Waals surface area contributed by atoms with Crippen molar-refractivity contribution in [2.45, 2.75) is 25.3 Å². The summed E-state index contributed by atoms with van der Waals surface area (Å²) in [5.74, 6) is -0.876. The molecule has 2 unspecified atom stereocenters. The van der Waals surface area contributed by atoms with Gasteiger partial charge in [0.25, 0.3) is 0 Å². The summed E-state index contributed by atoms with van der Waals surface area (Å²) in [6.45, 7) is 0.406. The second-order valence-corrected chi connectivity index (χ2v) is 4.24. The molecule has 1 fully saturated rings. The number of hydrogen-bond acceptors (Lipinski definition) is 2. The van der Waals surface area contributed by atoms with E-state index in [1.54, 1.807) is 0 Å². The van der Waals surface area contributed by atoms with Gasteiger partial charge in [0.2, 0.25) is 0 Å². The van der Waals surface area contributed by atoms with E-state index in [0.717, 1.165) is 25.3 Å². The summed E-state index contributed by atoms with van der Waals surface area (Å²) in [4.78, 5) is 0. The Balaban J connectivity index is 1.94. The minimum Gasteiger partial charge on any atom is -0.490 e. The lowest BCUT2D eigenvalue weighted by atomic mass is 10.1. The van der Waals surface area contributed by atoms with Crippen molar-refractivity contribution in [2.24, 2.45) is 11.7 Å². The van der Waals surface area contributed by atoms with Crippen molar-refractivity contribution >= 4 is 0 Å². The molecule has 0 aromatic heterocycles. The van der Waals surface area contributed by atoms with E-state index in [0.29, 0.717) is 6.61 Å². The fraction of sp³-hybridized carbons (Fsp3) is 0.500. The van der Waals surface area contributed by atoms with Crippen molar-refractivity contribution in [1.82, 2.24) is 0 Å². The van der Waals surface area contributed by atoms with Crippen LogP contribution in [0.2, 0.25) is 0 Å². The smallest absolute Gasteiger partial charge is 0.167 e. The topological polar surface area (TPSA) is 35.2 Å². The lowest BCUT2D eigenvalue weighted by Crippen LogP contribution is -2.28. The van der Waals surface area contributed by atoms with Crippen LogP contribution in [0.4, 0.5) is 8.78 Å². The molecule has 0 amide bonds. The van der Waals surface area contributed by atoms with Gasteiger partial charge < -0.3 is 10.5 Å². The van der Waals surface area contributed by atoms with Crippen molar-refractivity contribution < 1.29 is 13.5 Å². The maximum absolute atomic E-state index is 13.2. The molecule has 1 saturated carbocycles. The van der Waals surface area contributed by atoms with Gasteiger partial charge in [-0.2, -0.15) is 0 Å². The van der Waals surface area contributed by atoms with Crippen LogP contribution in [-0.2, 0) is 0 Å². The number of rotatable bonds is 3. The molecule has 2 N–H and O–H groups in total. The number of hydrogen-bond donors (Lipinski definition) is 1. The first-order valence-corrected chi connectivity index (χ1v) is 5.50. The Labute approximate surface area is 93.4 Å². The van der Waals surface area contributed by atoms with Crippen LogP contribution in [0.1, 0.15) is 19.3 Å². The third kappa shape index (κ3) is 2.50. The molecule has 0 radical (unpaired) electrons. The van der Waals surface area contributed by atoms with Gasteiger partial charge >= 0.3 is 0 Å². The summed E-state index contributed by atoms with van der Waals surface area (Å²) < 4.78 is 31.2. The second kappa shape index (κ2) is 4.78. The summed E-state index contributed by atoms with van der Waals surface area (Å²) >= 11 is 0. The van der Waals surface area contributed by atoms with Crippen LogP contribution in [0.3, 0.4) is 0 Å². The van der Waals surface area contributed by atoms with E-state index in [-0.39, 0.29) is 17.7 Å². The Morgan fingerprint density at radius 2 is 2.12 bits per heavy atom. The summed E-state index contributed by atoms with van der Waals surface area (Å²) in [6, 6.07) is 3.46. The van der Waals surface area contributed by atoms with E-state index in [9.17, 15) is 8.78 Å². The molecular weight excluding hydrogens is 212 g/mol. The Morgan fingerprint density at radius 1 is 1.31 bits per heavy atom. The Kier molecular flexibility index (Phi) is 3.39. The molecule has 1 aliphatic rings. The summed E-state index contributed by atoms with van der Waals surface area (Å²) in [7, 11) is 0. The van der Waals surface area contributed by atoms with E-state index < -0.39 is 11.6 Å². The average molecular weight is 227 g/mol. The lowest BCUT2D eigenvalue weighted by Gasteiger charge is -2.16. The number of ether oxygens (including phenoxy) is 1. The van der Waals surface area contributed by atoms with Crippen LogP contribution in [0, 0.1) is 17.6 Å². The van der Waals surface area contributed by atoms with Crippen LogP contribution >= 0.6 is 0 Å². The van der Waals surface area contributed by atoms with Crippen molar-refractivity contribution in [2.75, 3.05) is 6.61 Å². The largest absolute Gasteiger partial charge is 0.490 e. The van der Waals surface area contributed by atoms with E-state index in [2.05, 4.69) is 0 Å². The molecule has 0 spiro atoms. The normalized spacial score (nSPS) is 24.7. The van der Waals surface area contributed by atoms with Gasteiger partial charge in [0.15, 0.2) is 11.6 Å². The zero-order valence-corrected chi connectivity index (χ0v) is 8.96. The number of nitrogens with two attached hydrogens (primary N) is 1. The van der Waals surface area contributed by atoms with Gasteiger partial charge in [-0.15, -0.1) is 0 Å². The molecule has 0 bridgehead atoms. The van der Waals surface area contributed by atoms with Gasteiger partial charge in [-0.1, -0.05) is 6.42 Å². The third-order valence-electron chi connectivity index (χ3n) is 3.06. The van der Waals surface area contributed by atoms with Gasteiger partial charge in [-0.25, -0.2) is 8.78 Å². The Morgan fingerprint density at radius 3 is 2.75 bits per heavy atom. The molecule has 0 aliphatic heterocycles. The fourth-order valence-corrected chi connectivity index (χ4v) is 2.06. The van der Waals surface area contributed by atoms with Crippen molar-refractivity contribution in [1.29, 1.82) is 0 Å². The van der Waals surface area contributed by atoms with Crippen molar-refractivity contribution in [3.63, 3.8) is 0 Å². The molecule has 2 nitrogen and oxygen atoms in total. The highest BCUT2D eigenvalue weighted by molar-refractivity contribution is 5.24. The van der Waals surface area contributed by atoms with Crippen molar-refractivity contribution in [3.8, 4) is 5.75 Å². The average Bonchev–Trinajstić information content (AvgIpc) is 2.63. The Bertz CT molecular complexity index is 370. The minimum absolute atomic E-state index is 0.0977. The zero-order valence-electron chi connectivity index (χ0n) is 8.96. The zero-order chi connectivity index (χ0) is 11.5. The Hall–Kier alpha value is -1.16. The molecule has 1 aromatic rings. The summed E-state index contributed by atoms with van der Waals surface area (Å²) in [6.07, 6.45) is 3.12. The molecule has 88 valence electrons. The molecular formula is C12H15F2NO. The number of benzene rings is 1. The predicted molar refractivity (Wildman–Crippen MR) is 57.2 cm³/mol. The highest BCUT2D eigenvalue weighted by Gasteiger charge is 2.24. The quantitative estimate of drug-likeness (QED) is 0.861. The van der Waals surface area contributed by atoms with Gasteiger partial charge in [0.05, 0.1) is 6.61 Å². The second-order valence-electron chi connectivity index (χ2n) is 4.24. The van der Waals surface area contributed by atoms with E-state index in [1.165, 1.54) is 12.1 Å². The molecule has 2 rings (SSSR count). The maximum atomic E-state index is 13.2. The highest BCUT2D eigenvalue weighted by atomic mass is 19.1. The van der Waals surface area contributed by atoms with E-state index in [4.69, 9.17) is 10.5 Å². The molecule has 16 heavy (non-hydrogen) atoms. The minimum atomic E-state index is -0.661. The summed E-state index contributed by atoms with van der Waals surface area (Å²) in [5.41, 5.74) is 5.87. The first-order valence-electron chi connectivity index (χ1n) is 5.50. The van der Waals surface area contributed by atoms with Gasteiger partial charge in [-0.05, 0) is 25.0 Å². The predicted octanol–water partition coefficient (Wildman–Crippen LogP) is 2.47. The molecule has 0 saturated heterocycles. The molecule has 4 heteroatoms. The number of halogens is 2. The van der Waals surface area contributed by atoms with Gasteiger partial charge in [0, 0.05) is 18.0 Å². The summed E-state index contributed by atoms with van der Waals surface area (Å²) in [5, 5.41) is 0. The standard InChI is InChI=1S/C12H15F2NO/c13-9-4-5-12(10(14)6-9)16-7-8-2-1-3-11(8)15/h4-6,8,11H,1-3,7,15H2. The lowest BCUT2D eigenvalue weighted by molar-refractivity contribution is 0.230. The van der Waals surface area contributed by atoms with Crippen LogP contribution in [0.25, 0.3) is 0 Å². The van der Waals surface area contributed by atoms with Crippen molar-refractivity contribution in [3.05, 3.63) is 29.8 Å². The molecule has 2 atom stereocenters. The van der Waals surface area contributed by atoms with Gasteiger partial charge in [-0.3, -0.25) is 0 Å². The fourth-order valence-electron chi connectivity index (χ4n) is 2.06. The first-order chi connectivity index (χ1) is 7.66. The van der Waals surface area contributed by atoms with Crippen LogP contribution in [0.15, 0.2) is 18.2 Å². The first kappa shape index (κ1) is 11.3. The molecule has 1 aliphatic carbocycles. The van der Waals surface area contributed by atoms with Crippen LogP contribution in [0.5, 0.6) is 5.75 Å². The SMILES string of the molecule is NC1CCCC1COc1ccc(F)cc1F. The van der Waals surface area contributed by atoms with E-state index in [1.807, 2.05) is 0 Å². The van der Waals surface area contributed by atoms with Crippen LogP contribution in [-0.4, -0.2) is 12.6 Å². The highest BCUT2D eigenvalue weighted by Crippen LogP contribution is 2.26. The third-order valence-corrected chi connectivity index (χ3v) is 3.06.